The van der Waals surface area contributed by atoms with Crippen molar-refractivity contribution in [2.24, 2.45) is 0 Å². The molecule has 0 amide bonds. The summed E-state index contributed by atoms with van der Waals surface area (Å²) in [6.07, 6.45) is -2.25. The first-order valence-electron chi connectivity index (χ1n) is 4.14. The lowest BCUT2D eigenvalue weighted by Crippen LogP contribution is -2.14. The first-order chi connectivity index (χ1) is 6.96. The van der Waals surface area contributed by atoms with E-state index in [9.17, 15) is 13.2 Å². The van der Waals surface area contributed by atoms with Crippen molar-refractivity contribution in [3.63, 3.8) is 0 Å². The molecule has 0 fully saturated rings. The van der Waals surface area contributed by atoms with Crippen molar-refractivity contribution in [1.82, 2.24) is 9.38 Å². The Hall–Kier alpha value is -1.04. The van der Waals surface area contributed by atoms with Crippen LogP contribution in [0, 0.1) is 0 Å². The van der Waals surface area contributed by atoms with Gasteiger partial charge in [-0.15, -0.1) is 0 Å². The summed E-state index contributed by atoms with van der Waals surface area (Å²) in [6.45, 7) is 0. The largest absolute Gasteiger partial charge is 0.396 e. The maximum atomic E-state index is 12.2. The summed E-state index contributed by atoms with van der Waals surface area (Å²) in [4.78, 5) is 3.74. The second-order valence-corrected chi connectivity index (χ2v) is 4.02. The molecule has 0 aromatic carbocycles. The van der Waals surface area contributed by atoms with Gasteiger partial charge in [-0.05, 0) is 28.1 Å². The number of rotatable bonds is 1. The summed E-state index contributed by atoms with van der Waals surface area (Å²) >= 11 is 3.20. The summed E-state index contributed by atoms with van der Waals surface area (Å²) in [5.74, 6) is -0.00111. The first kappa shape index (κ1) is 10.5. The topological polar surface area (TPSA) is 17.3 Å². The standard InChI is InChI=1S/C9H6BrF3N2/c10-6-1-2-7-4-14-8(15(7)5-6)3-9(11,12)13/h1-2,4-5H,3H2. The van der Waals surface area contributed by atoms with Crippen molar-refractivity contribution >= 4 is 21.4 Å². The van der Waals surface area contributed by atoms with Crippen molar-refractivity contribution in [2.45, 2.75) is 12.6 Å². The maximum Gasteiger partial charge on any atom is 0.396 e. The van der Waals surface area contributed by atoms with Crippen LogP contribution in [-0.4, -0.2) is 15.6 Å². The highest BCUT2D eigenvalue weighted by atomic mass is 79.9. The van der Waals surface area contributed by atoms with E-state index >= 15 is 0 Å². The van der Waals surface area contributed by atoms with Crippen LogP contribution >= 0.6 is 15.9 Å². The molecule has 15 heavy (non-hydrogen) atoms. The number of hydrogen-bond donors (Lipinski definition) is 0. The van der Waals surface area contributed by atoms with Gasteiger partial charge in [-0.2, -0.15) is 13.2 Å². The van der Waals surface area contributed by atoms with Gasteiger partial charge in [0.05, 0.1) is 11.7 Å². The number of halogens is 4. The van der Waals surface area contributed by atoms with Gasteiger partial charge in [0.2, 0.25) is 0 Å². The molecule has 0 unspecified atom stereocenters. The van der Waals surface area contributed by atoms with Gasteiger partial charge >= 0.3 is 6.18 Å². The van der Waals surface area contributed by atoms with Crippen LogP contribution in [0.4, 0.5) is 13.2 Å². The van der Waals surface area contributed by atoms with E-state index in [-0.39, 0.29) is 5.82 Å². The minimum absolute atomic E-state index is 0.00111. The number of aromatic nitrogens is 2. The van der Waals surface area contributed by atoms with E-state index in [1.54, 1.807) is 18.3 Å². The van der Waals surface area contributed by atoms with Crippen molar-refractivity contribution < 1.29 is 13.2 Å². The molecule has 2 nitrogen and oxygen atoms in total. The zero-order valence-electron chi connectivity index (χ0n) is 7.42. The number of hydrogen-bond acceptors (Lipinski definition) is 1. The van der Waals surface area contributed by atoms with E-state index in [0.29, 0.717) is 5.52 Å². The summed E-state index contributed by atoms with van der Waals surface area (Å²) in [7, 11) is 0. The molecule has 2 rings (SSSR count). The fourth-order valence-corrected chi connectivity index (χ4v) is 1.66. The van der Waals surface area contributed by atoms with Crippen molar-refractivity contribution in [1.29, 1.82) is 0 Å². The molecule has 0 aliphatic heterocycles. The van der Waals surface area contributed by atoms with Gasteiger partial charge in [-0.3, -0.25) is 0 Å². The number of nitrogens with zero attached hydrogens (tertiary/aromatic N) is 2. The van der Waals surface area contributed by atoms with Crippen molar-refractivity contribution in [3.05, 3.63) is 34.8 Å². The highest BCUT2D eigenvalue weighted by Crippen LogP contribution is 2.22. The third-order valence-electron chi connectivity index (χ3n) is 1.93. The second kappa shape index (κ2) is 3.52. The van der Waals surface area contributed by atoms with Gasteiger partial charge < -0.3 is 4.40 Å². The van der Waals surface area contributed by atoms with Gasteiger partial charge in [-0.25, -0.2) is 4.98 Å². The lowest BCUT2D eigenvalue weighted by Gasteiger charge is -2.05. The molecule has 2 aromatic heterocycles. The zero-order valence-corrected chi connectivity index (χ0v) is 9.01. The van der Waals surface area contributed by atoms with Gasteiger partial charge in [0.25, 0.3) is 0 Å². The predicted molar refractivity (Wildman–Crippen MR) is 52.7 cm³/mol. The third-order valence-corrected chi connectivity index (χ3v) is 2.40. The average molecular weight is 279 g/mol. The van der Waals surface area contributed by atoms with Crippen LogP contribution in [0.1, 0.15) is 5.82 Å². The minimum Gasteiger partial charge on any atom is -0.302 e. The predicted octanol–water partition coefficient (Wildman–Crippen LogP) is 3.20. The molecule has 0 saturated carbocycles. The van der Waals surface area contributed by atoms with E-state index in [0.717, 1.165) is 4.47 Å². The highest BCUT2D eigenvalue weighted by molar-refractivity contribution is 9.10. The molecule has 0 bridgehead atoms. The molecule has 80 valence electrons. The molecule has 0 spiro atoms. The molecule has 2 aromatic rings. The number of imidazole rings is 1. The smallest absolute Gasteiger partial charge is 0.302 e. The number of pyridine rings is 1. The van der Waals surface area contributed by atoms with Gasteiger partial charge in [0.15, 0.2) is 0 Å². The number of alkyl halides is 3. The van der Waals surface area contributed by atoms with Gasteiger partial charge in [0.1, 0.15) is 12.2 Å². The quantitative estimate of drug-likeness (QED) is 0.783. The van der Waals surface area contributed by atoms with Gasteiger partial charge in [-0.1, -0.05) is 0 Å². The van der Waals surface area contributed by atoms with Crippen LogP contribution in [0.5, 0.6) is 0 Å². The zero-order chi connectivity index (χ0) is 11.1. The summed E-state index contributed by atoms with van der Waals surface area (Å²) < 4.78 is 38.7. The lowest BCUT2D eigenvalue weighted by molar-refractivity contribution is -0.128. The molecule has 0 radical (unpaired) electrons. The molecule has 2 heterocycles. The fourth-order valence-electron chi connectivity index (χ4n) is 1.33. The lowest BCUT2D eigenvalue weighted by atomic mass is 10.4. The summed E-state index contributed by atoms with van der Waals surface area (Å²) in [6, 6.07) is 3.46. The van der Waals surface area contributed by atoms with E-state index in [2.05, 4.69) is 20.9 Å². The molecule has 6 heteroatoms. The maximum absolute atomic E-state index is 12.2. The van der Waals surface area contributed by atoms with E-state index in [1.807, 2.05) is 0 Å². The Balaban J connectivity index is 2.48. The Morgan fingerprint density at radius 3 is 2.73 bits per heavy atom. The normalized spacial score (nSPS) is 12.3. The molecule has 0 atom stereocenters. The number of fused-ring (bicyclic) bond motifs is 1. The Morgan fingerprint density at radius 2 is 2.07 bits per heavy atom. The Kier molecular flexibility index (Phi) is 2.46. The molecule has 0 saturated heterocycles. The molecule has 0 aliphatic carbocycles. The van der Waals surface area contributed by atoms with Gasteiger partial charge in [0, 0.05) is 10.7 Å². The van der Waals surface area contributed by atoms with Crippen LogP contribution in [0.25, 0.3) is 5.52 Å². The van der Waals surface area contributed by atoms with Crippen LogP contribution < -0.4 is 0 Å². The molecular weight excluding hydrogens is 273 g/mol. The van der Waals surface area contributed by atoms with Crippen molar-refractivity contribution in [2.75, 3.05) is 0 Å². The van der Waals surface area contributed by atoms with E-state index in [4.69, 9.17) is 0 Å². The van der Waals surface area contributed by atoms with Crippen LogP contribution in [0.3, 0.4) is 0 Å². The van der Waals surface area contributed by atoms with Crippen LogP contribution in [0.2, 0.25) is 0 Å². The van der Waals surface area contributed by atoms with Crippen molar-refractivity contribution in [3.8, 4) is 0 Å². The third kappa shape index (κ3) is 2.31. The average Bonchev–Trinajstić information content (AvgIpc) is 2.46. The van der Waals surface area contributed by atoms with Crippen LogP contribution in [0.15, 0.2) is 29.0 Å². The minimum atomic E-state index is -4.23. The highest BCUT2D eigenvalue weighted by Gasteiger charge is 2.29. The monoisotopic (exact) mass is 278 g/mol. The molecular formula is C9H6BrF3N2. The molecule has 0 aliphatic rings. The molecule has 0 N–H and O–H groups in total. The van der Waals surface area contributed by atoms with E-state index < -0.39 is 12.6 Å². The Morgan fingerprint density at radius 1 is 1.33 bits per heavy atom. The summed E-state index contributed by atoms with van der Waals surface area (Å²) in [5, 5.41) is 0. The van der Waals surface area contributed by atoms with E-state index in [1.165, 1.54) is 10.6 Å². The second-order valence-electron chi connectivity index (χ2n) is 3.11. The SMILES string of the molecule is FC(F)(F)Cc1ncc2ccc(Br)cn12. The Labute approximate surface area is 91.9 Å². The first-order valence-corrected chi connectivity index (χ1v) is 4.93. The summed E-state index contributed by atoms with van der Waals surface area (Å²) in [5.41, 5.74) is 0.650. The Bertz CT molecular complexity index is 490. The van der Waals surface area contributed by atoms with Crippen LogP contribution in [-0.2, 0) is 6.42 Å². The fraction of sp³-hybridized carbons (Fsp3) is 0.222.